The number of carbonyl (C=O) groups is 2. The number of carbonyl (C=O) groups excluding carboxylic acids is 1. The molecule has 0 atom stereocenters. The largest absolute Gasteiger partial charge is 0.474 e. The van der Waals surface area contributed by atoms with E-state index in [1.165, 1.54) is 18.0 Å². The minimum Gasteiger partial charge on any atom is -0.474 e. The molecular weight excluding hydrogens is 312 g/mol. The summed E-state index contributed by atoms with van der Waals surface area (Å²) in [7, 11) is 1.41. The zero-order valence-corrected chi connectivity index (χ0v) is 11.9. The molecule has 0 saturated heterocycles. The molecule has 0 aliphatic carbocycles. The van der Waals surface area contributed by atoms with E-state index in [2.05, 4.69) is 4.98 Å². The van der Waals surface area contributed by atoms with Gasteiger partial charge in [-0.1, -0.05) is 6.07 Å². The van der Waals surface area contributed by atoms with Crippen molar-refractivity contribution in [3.8, 4) is 0 Å². The highest BCUT2D eigenvalue weighted by Crippen LogP contribution is 2.29. The number of fused-ring (bicyclic) bond motifs is 1. The molecule has 7 nitrogen and oxygen atoms in total. The Hall–Kier alpha value is -2.97. The summed E-state index contributed by atoms with van der Waals surface area (Å²) in [4.78, 5) is 29.4. The molecule has 0 fully saturated rings. The van der Waals surface area contributed by atoms with E-state index in [0.717, 1.165) is 17.0 Å². The lowest BCUT2D eigenvalue weighted by atomic mass is 10.2. The standard InChI is InChI=1S/C14H11F2N3O4/c1-18-12-10(17-11(23-12)13(20)21)6-19(14(18)22)5-7-2-3-8(15)9(16)4-7/h2-4H,5-6H2,1H3,(H,20,21). The van der Waals surface area contributed by atoms with Crippen LogP contribution in [0.1, 0.15) is 21.9 Å². The molecule has 0 spiro atoms. The molecule has 2 heterocycles. The molecule has 120 valence electrons. The molecule has 9 heteroatoms. The van der Waals surface area contributed by atoms with Gasteiger partial charge in [0.25, 0.3) is 0 Å². The van der Waals surface area contributed by atoms with Crippen molar-refractivity contribution in [3.05, 3.63) is 47.0 Å². The van der Waals surface area contributed by atoms with Crippen LogP contribution in [0.2, 0.25) is 0 Å². The highest BCUT2D eigenvalue weighted by atomic mass is 19.2. The highest BCUT2D eigenvalue weighted by molar-refractivity contribution is 5.93. The molecular formula is C14H11F2N3O4. The van der Waals surface area contributed by atoms with Crippen LogP contribution in [0.4, 0.5) is 19.5 Å². The Balaban J connectivity index is 1.87. The third kappa shape index (κ3) is 2.60. The van der Waals surface area contributed by atoms with Crippen molar-refractivity contribution in [1.29, 1.82) is 0 Å². The average molecular weight is 323 g/mol. The quantitative estimate of drug-likeness (QED) is 0.936. The zero-order chi connectivity index (χ0) is 16.7. The van der Waals surface area contributed by atoms with Gasteiger partial charge in [-0.25, -0.2) is 23.4 Å². The van der Waals surface area contributed by atoms with Gasteiger partial charge in [0.05, 0.1) is 6.54 Å². The molecule has 0 bridgehead atoms. The van der Waals surface area contributed by atoms with Crippen LogP contribution < -0.4 is 4.90 Å². The molecule has 2 amide bonds. The number of hydrogen-bond donors (Lipinski definition) is 1. The van der Waals surface area contributed by atoms with Crippen LogP contribution in [0.5, 0.6) is 0 Å². The van der Waals surface area contributed by atoms with Gasteiger partial charge in [-0.2, -0.15) is 0 Å². The van der Waals surface area contributed by atoms with Crippen LogP contribution >= 0.6 is 0 Å². The van der Waals surface area contributed by atoms with Gasteiger partial charge in [0, 0.05) is 13.6 Å². The number of carboxylic acid groups (broad SMARTS) is 1. The van der Waals surface area contributed by atoms with E-state index < -0.39 is 29.5 Å². The fraction of sp³-hybridized carbons (Fsp3) is 0.214. The smallest absolute Gasteiger partial charge is 0.392 e. The number of anilines is 1. The average Bonchev–Trinajstić information content (AvgIpc) is 2.93. The van der Waals surface area contributed by atoms with E-state index in [4.69, 9.17) is 9.52 Å². The van der Waals surface area contributed by atoms with E-state index in [9.17, 15) is 18.4 Å². The molecule has 2 aromatic rings. The lowest BCUT2D eigenvalue weighted by Gasteiger charge is -2.31. The van der Waals surface area contributed by atoms with E-state index in [1.54, 1.807) is 0 Å². The van der Waals surface area contributed by atoms with Crippen molar-refractivity contribution in [1.82, 2.24) is 9.88 Å². The molecule has 1 aliphatic rings. The first kappa shape index (κ1) is 14.9. The van der Waals surface area contributed by atoms with E-state index in [-0.39, 0.29) is 24.7 Å². The molecule has 1 aromatic carbocycles. The van der Waals surface area contributed by atoms with Crippen LogP contribution in [0.15, 0.2) is 22.6 Å². The summed E-state index contributed by atoms with van der Waals surface area (Å²) in [5.74, 6) is -3.76. The second kappa shape index (κ2) is 5.34. The normalized spacial score (nSPS) is 14.1. The Labute approximate surface area is 128 Å². The first-order valence-electron chi connectivity index (χ1n) is 6.56. The van der Waals surface area contributed by atoms with Gasteiger partial charge in [-0.05, 0) is 17.7 Å². The van der Waals surface area contributed by atoms with Crippen molar-refractivity contribution in [2.45, 2.75) is 13.1 Å². The third-order valence-electron chi connectivity index (χ3n) is 3.42. The number of nitrogens with zero attached hydrogens (tertiary/aromatic N) is 3. The number of amides is 2. The van der Waals surface area contributed by atoms with Crippen LogP contribution in [0.25, 0.3) is 0 Å². The Kier molecular flexibility index (Phi) is 3.47. The van der Waals surface area contributed by atoms with Crippen LogP contribution in [0.3, 0.4) is 0 Å². The Morgan fingerprint density at radius 1 is 1.39 bits per heavy atom. The molecule has 0 unspecified atom stereocenters. The predicted octanol–water partition coefficient (Wildman–Crippen LogP) is 2.22. The number of rotatable bonds is 3. The van der Waals surface area contributed by atoms with Gasteiger partial charge >= 0.3 is 17.9 Å². The van der Waals surface area contributed by atoms with Gasteiger partial charge in [0.2, 0.25) is 5.88 Å². The lowest BCUT2D eigenvalue weighted by molar-refractivity contribution is 0.0654. The SMILES string of the molecule is CN1C(=O)N(Cc2ccc(F)c(F)c2)Cc2nc(C(=O)O)oc21. The van der Waals surface area contributed by atoms with E-state index in [0.29, 0.717) is 5.56 Å². The van der Waals surface area contributed by atoms with E-state index >= 15 is 0 Å². The minimum absolute atomic E-state index is 0.00822. The van der Waals surface area contributed by atoms with Crippen LogP contribution in [0, 0.1) is 11.6 Å². The number of aromatic nitrogens is 1. The number of oxazole rings is 1. The van der Waals surface area contributed by atoms with Gasteiger partial charge in [-0.15, -0.1) is 0 Å². The first-order valence-corrected chi connectivity index (χ1v) is 6.56. The Morgan fingerprint density at radius 3 is 2.78 bits per heavy atom. The molecule has 0 saturated carbocycles. The zero-order valence-electron chi connectivity index (χ0n) is 11.9. The summed E-state index contributed by atoms with van der Waals surface area (Å²) in [6.45, 7) is 0.0311. The van der Waals surface area contributed by atoms with Crippen molar-refractivity contribution >= 4 is 17.9 Å². The number of hydrogen-bond acceptors (Lipinski definition) is 4. The predicted molar refractivity (Wildman–Crippen MR) is 72.9 cm³/mol. The van der Waals surface area contributed by atoms with Crippen LogP contribution in [-0.4, -0.2) is 34.0 Å². The number of aromatic carboxylic acids is 1. The van der Waals surface area contributed by atoms with Crippen molar-refractivity contribution in [3.63, 3.8) is 0 Å². The first-order chi connectivity index (χ1) is 10.9. The molecule has 3 rings (SSSR count). The third-order valence-corrected chi connectivity index (χ3v) is 3.42. The minimum atomic E-state index is -1.34. The molecule has 0 radical (unpaired) electrons. The second-order valence-corrected chi connectivity index (χ2v) is 5.02. The molecule has 1 N–H and O–H groups in total. The maximum Gasteiger partial charge on any atom is 0.392 e. The number of carboxylic acids is 1. The molecule has 23 heavy (non-hydrogen) atoms. The highest BCUT2D eigenvalue weighted by Gasteiger charge is 2.33. The number of benzene rings is 1. The summed E-state index contributed by atoms with van der Waals surface area (Å²) >= 11 is 0. The number of halogens is 2. The van der Waals surface area contributed by atoms with Gasteiger partial charge in [0.15, 0.2) is 11.6 Å². The summed E-state index contributed by atoms with van der Waals surface area (Å²) in [5, 5.41) is 8.89. The lowest BCUT2D eigenvalue weighted by Crippen LogP contribution is -2.44. The summed E-state index contributed by atoms with van der Waals surface area (Å²) in [5.41, 5.74) is 0.683. The van der Waals surface area contributed by atoms with Gasteiger partial charge in [0.1, 0.15) is 5.69 Å². The monoisotopic (exact) mass is 323 g/mol. The summed E-state index contributed by atoms with van der Waals surface area (Å²) in [6.07, 6.45) is 0. The molecule has 1 aromatic heterocycles. The Bertz CT molecular complexity index is 805. The number of urea groups is 1. The maximum atomic E-state index is 13.3. The fourth-order valence-electron chi connectivity index (χ4n) is 2.33. The Morgan fingerprint density at radius 2 is 2.13 bits per heavy atom. The molecule has 1 aliphatic heterocycles. The summed E-state index contributed by atoms with van der Waals surface area (Å²) in [6, 6.07) is 2.89. The van der Waals surface area contributed by atoms with Crippen molar-refractivity contribution in [2.24, 2.45) is 0 Å². The van der Waals surface area contributed by atoms with Gasteiger partial charge < -0.3 is 14.4 Å². The van der Waals surface area contributed by atoms with Crippen molar-refractivity contribution in [2.75, 3.05) is 11.9 Å². The van der Waals surface area contributed by atoms with Crippen LogP contribution in [-0.2, 0) is 13.1 Å². The topological polar surface area (TPSA) is 86.9 Å². The summed E-state index contributed by atoms with van der Waals surface area (Å²) < 4.78 is 31.2. The second-order valence-electron chi connectivity index (χ2n) is 5.02. The maximum absolute atomic E-state index is 13.3. The van der Waals surface area contributed by atoms with E-state index in [1.807, 2.05) is 0 Å². The van der Waals surface area contributed by atoms with Crippen molar-refractivity contribution < 1.29 is 27.9 Å². The van der Waals surface area contributed by atoms with Gasteiger partial charge in [-0.3, -0.25) is 4.90 Å². The fourth-order valence-corrected chi connectivity index (χ4v) is 2.33.